The van der Waals surface area contributed by atoms with Gasteiger partial charge in [-0.2, -0.15) is 0 Å². The molecule has 1 aliphatic rings. The summed E-state index contributed by atoms with van der Waals surface area (Å²) in [7, 11) is 0. The Kier molecular flexibility index (Phi) is 2.27. The fourth-order valence-corrected chi connectivity index (χ4v) is 0.930. The van der Waals surface area contributed by atoms with Gasteiger partial charge in [-0.1, -0.05) is 0 Å². The standard InChI is InChI=1S/C7H13NO2/c1-3-8(4-2)7(9)6-5-10-6/h6H,3-5H2,1-2H3. The lowest BCUT2D eigenvalue weighted by atomic mass is 10.4. The second-order valence-electron chi connectivity index (χ2n) is 2.33. The topological polar surface area (TPSA) is 32.8 Å². The molecule has 0 aliphatic carbocycles. The number of likely N-dealkylation sites (N-methyl/N-ethyl adjacent to an activating group) is 1. The maximum Gasteiger partial charge on any atom is 0.254 e. The van der Waals surface area contributed by atoms with E-state index in [4.69, 9.17) is 4.74 Å². The smallest absolute Gasteiger partial charge is 0.254 e. The number of ether oxygens (including phenoxy) is 1. The third kappa shape index (κ3) is 1.48. The fourth-order valence-electron chi connectivity index (χ4n) is 0.930. The maximum atomic E-state index is 11.2. The van der Waals surface area contributed by atoms with Gasteiger partial charge >= 0.3 is 0 Å². The molecule has 10 heavy (non-hydrogen) atoms. The van der Waals surface area contributed by atoms with Crippen LogP contribution in [0.5, 0.6) is 0 Å². The number of amides is 1. The zero-order valence-electron chi connectivity index (χ0n) is 6.46. The Labute approximate surface area is 61.0 Å². The lowest BCUT2D eigenvalue weighted by Crippen LogP contribution is -2.33. The average Bonchev–Trinajstić information content (AvgIpc) is 2.71. The number of hydrogen-bond acceptors (Lipinski definition) is 2. The molecule has 3 heteroatoms. The highest BCUT2D eigenvalue weighted by Gasteiger charge is 2.33. The van der Waals surface area contributed by atoms with Crippen molar-refractivity contribution in [3.63, 3.8) is 0 Å². The lowest BCUT2D eigenvalue weighted by Gasteiger charge is -2.16. The molecule has 1 atom stereocenters. The minimum atomic E-state index is -0.111. The summed E-state index contributed by atoms with van der Waals surface area (Å²) in [6, 6.07) is 0. The van der Waals surface area contributed by atoms with Gasteiger partial charge in [0.1, 0.15) is 0 Å². The van der Waals surface area contributed by atoms with Crippen molar-refractivity contribution in [2.45, 2.75) is 20.0 Å². The molecular formula is C7H13NO2. The summed E-state index contributed by atoms with van der Waals surface area (Å²) in [4.78, 5) is 13.0. The molecule has 1 aliphatic heterocycles. The number of carbonyl (C=O) groups is 1. The van der Waals surface area contributed by atoms with Crippen molar-refractivity contribution in [3.8, 4) is 0 Å². The van der Waals surface area contributed by atoms with Crippen LogP contribution >= 0.6 is 0 Å². The zero-order chi connectivity index (χ0) is 7.56. The van der Waals surface area contributed by atoms with Gasteiger partial charge in [0.05, 0.1) is 6.61 Å². The van der Waals surface area contributed by atoms with E-state index in [1.807, 2.05) is 13.8 Å². The van der Waals surface area contributed by atoms with Crippen molar-refractivity contribution >= 4 is 5.91 Å². The lowest BCUT2D eigenvalue weighted by molar-refractivity contribution is -0.132. The van der Waals surface area contributed by atoms with Crippen molar-refractivity contribution in [2.75, 3.05) is 19.7 Å². The van der Waals surface area contributed by atoms with Crippen LogP contribution in [0.2, 0.25) is 0 Å². The number of carbonyl (C=O) groups excluding carboxylic acids is 1. The molecule has 1 fully saturated rings. The Morgan fingerprint density at radius 1 is 1.60 bits per heavy atom. The maximum absolute atomic E-state index is 11.2. The summed E-state index contributed by atoms with van der Waals surface area (Å²) in [6.45, 7) is 6.15. The predicted octanol–water partition coefficient (Wildman–Crippen LogP) is 0.254. The number of rotatable bonds is 3. The van der Waals surface area contributed by atoms with Gasteiger partial charge < -0.3 is 9.64 Å². The summed E-state index contributed by atoms with van der Waals surface area (Å²) in [5, 5.41) is 0. The quantitative estimate of drug-likeness (QED) is 0.531. The van der Waals surface area contributed by atoms with Crippen molar-refractivity contribution in [1.82, 2.24) is 4.90 Å². The van der Waals surface area contributed by atoms with E-state index in [0.29, 0.717) is 6.61 Å². The molecule has 1 rings (SSSR count). The average molecular weight is 143 g/mol. The summed E-state index contributed by atoms with van der Waals surface area (Å²) in [5.41, 5.74) is 0. The van der Waals surface area contributed by atoms with Gasteiger partial charge in [0, 0.05) is 13.1 Å². The van der Waals surface area contributed by atoms with Crippen molar-refractivity contribution < 1.29 is 9.53 Å². The van der Waals surface area contributed by atoms with Gasteiger partial charge in [-0.3, -0.25) is 4.79 Å². The molecule has 3 nitrogen and oxygen atoms in total. The molecule has 0 N–H and O–H groups in total. The zero-order valence-corrected chi connectivity index (χ0v) is 6.46. The van der Waals surface area contributed by atoms with E-state index in [1.165, 1.54) is 0 Å². The van der Waals surface area contributed by atoms with E-state index < -0.39 is 0 Å². The first-order valence-electron chi connectivity index (χ1n) is 3.70. The summed E-state index contributed by atoms with van der Waals surface area (Å²) >= 11 is 0. The minimum absolute atomic E-state index is 0.111. The van der Waals surface area contributed by atoms with Crippen LogP contribution < -0.4 is 0 Å². The van der Waals surface area contributed by atoms with Gasteiger partial charge in [-0.15, -0.1) is 0 Å². The van der Waals surface area contributed by atoms with Crippen LogP contribution in [0, 0.1) is 0 Å². The van der Waals surface area contributed by atoms with Gasteiger partial charge in [-0.05, 0) is 13.8 Å². The van der Waals surface area contributed by atoms with Crippen LogP contribution in [0.4, 0.5) is 0 Å². The largest absolute Gasteiger partial charge is 0.363 e. The molecule has 0 aromatic carbocycles. The monoisotopic (exact) mass is 143 g/mol. The number of hydrogen-bond donors (Lipinski definition) is 0. The van der Waals surface area contributed by atoms with E-state index in [0.717, 1.165) is 13.1 Å². The first kappa shape index (κ1) is 7.54. The molecule has 1 amide bonds. The molecule has 0 radical (unpaired) electrons. The highest BCUT2D eigenvalue weighted by Crippen LogP contribution is 2.11. The Morgan fingerprint density at radius 3 is 2.40 bits per heavy atom. The van der Waals surface area contributed by atoms with E-state index in [1.54, 1.807) is 4.90 Å². The molecule has 0 saturated carbocycles. The molecule has 0 bridgehead atoms. The van der Waals surface area contributed by atoms with Crippen LogP contribution in [-0.2, 0) is 9.53 Å². The third-order valence-corrected chi connectivity index (χ3v) is 1.68. The van der Waals surface area contributed by atoms with Gasteiger partial charge in [0.15, 0.2) is 6.10 Å². The van der Waals surface area contributed by atoms with Crippen LogP contribution in [0.1, 0.15) is 13.8 Å². The first-order valence-corrected chi connectivity index (χ1v) is 3.70. The second kappa shape index (κ2) is 3.01. The fraction of sp³-hybridized carbons (Fsp3) is 0.857. The van der Waals surface area contributed by atoms with Crippen molar-refractivity contribution in [2.24, 2.45) is 0 Å². The number of epoxide rings is 1. The number of nitrogens with zero attached hydrogens (tertiary/aromatic N) is 1. The second-order valence-corrected chi connectivity index (χ2v) is 2.33. The predicted molar refractivity (Wildman–Crippen MR) is 37.7 cm³/mol. The third-order valence-electron chi connectivity index (χ3n) is 1.68. The molecule has 1 heterocycles. The van der Waals surface area contributed by atoms with Gasteiger partial charge in [0.25, 0.3) is 5.91 Å². The highest BCUT2D eigenvalue weighted by molar-refractivity contribution is 5.82. The normalized spacial score (nSPS) is 22.4. The highest BCUT2D eigenvalue weighted by atomic mass is 16.6. The van der Waals surface area contributed by atoms with Crippen LogP contribution in [-0.4, -0.2) is 36.6 Å². The summed E-state index contributed by atoms with van der Waals surface area (Å²) < 4.78 is 4.86. The van der Waals surface area contributed by atoms with E-state index in [-0.39, 0.29) is 12.0 Å². The summed E-state index contributed by atoms with van der Waals surface area (Å²) in [5.74, 6) is 0.144. The molecule has 0 aromatic rings. The van der Waals surface area contributed by atoms with Gasteiger partial charge in [-0.25, -0.2) is 0 Å². The van der Waals surface area contributed by atoms with Crippen LogP contribution in [0.3, 0.4) is 0 Å². The molecule has 1 unspecified atom stereocenters. The Balaban J connectivity index is 2.35. The molecule has 0 spiro atoms. The summed E-state index contributed by atoms with van der Waals surface area (Å²) in [6.07, 6.45) is -0.111. The van der Waals surface area contributed by atoms with E-state index >= 15 is 0 Å². The molecular weight excluding hydrogens is 130 g/mol. The molecule has 0 aromatic heterocycles. The minimum Gasteiger partial charge on any atom is -0.363 e. The Bertz CT molecular complexity index is 128. The van der Waals surface area contributed by atoms with E-state index in [9.17, 15) is 4.79 Å². The molecule has 1 saturated heterocycles. The Hall–Kier alpha value is -0.570. The Morgan fingerprint density at radius 2 is 2.10 bits per heavy atom. The SMILES string of the molecule is CCN(CC)C(=O)C1CO1. The van der Waals surface area contributed by atoms with Crippen molar-refractivity contribution in [3.05, 3.63) is 0 Å². The first-order chi connectivity index (χ1) is 4.79. The van der Waals surface area contributed by atoms with E-state index in [2.05, 4.69) is 0 Å². The van der Waals surface area contributed by atoms with Crippen LogP contribution in [0.15, 0.2) is 0 Å². The van der Waals surface area contributed by atoms with Gasteiger partial charge in [0.2, 0.25) is 0 Å². The molecule has 58 valence electrons. The van der Waals surface area contributed by atoms with Crippen molar-refractivity contribution in [1.29, 1.82) is 0 Å². The van der Waals surface area contributed by atoms with Crippen LogP contribution in [0.25, 0.3) is 0 Å².